The van der Waals surface area contributed by atoms with Gasteiger partial charge in [0, 0.05) is 11.0 Å². The fourth-order valence-electron chi connectivity index (χ4n) is 6.50. The maximum absolute atomic E-state index is 12.8. The van der Waals surface area contributed by atoms with Crippen molar-refractivity contribution >= 4 is 11.9 Å². The first kappa shape index (κ1) is 16.4. The molecule has 7 atom stereocenters. The number of hydrogen-bond donors (Lipinski definition) is 1. The zero-order valence-electron chi connectivity index (χ0n) is 14.8. The number of rotatable bonds is 1. The first-order valence-electron chi connectivity index (χ1n) is 9.51. The molecule has 1 spiro atoms. The summed E-state index contributed by atoms with van der Waals surface area (Å²) in [6.45, 7) is 2.57. The summed E-state index contributed by atoms with van der Waals surface area (Å²) in [5.41, 5.74) is 0.285. The van der Waals surface area contributed by atoms with E-state index in [1.807, 2.05) is 6.07 Å². The van der Waals surface area contributed by atoms with Gasteiger partial charge in [-0.05, 0) is 49.5 Å². The summed E-state index contributed by atoms with van der Waals surface area (Å²) >= 11 is 0. The summed E-state index contributed by atoms with van der Waals surface area (Å²) in [7, 11) is 0. The quantitative estimate of drug-likeness (QED) is 0.775. The molecule has 0 unspecified atom stereocenters. The Bertz CT molecular complexity index is 741. The minimum absolute atomic E-state index is 0.0659. The predicted octanol–water partition coefficient (Wildman–Crippen LogP) is 2.61. The van der Waals surface area contributed by atoms with E-state index in [0.29, 0.717) is 32.3 Å². The van der Waals surface area contributed by atoms with Gasteiger partial charge in [-0.15, -0.1) is 0 Å². The van der Waals surface area contributed by atoms with E-state index >= 15 is 0 Å². The molecule has 2 saturated carbocycles. The normalized spacial score (nSPS) is 47.4. The summed E-state index contributed by atoms with van der Waals surface area (Å²) in [6.07, 6.45) is 5.63. The highest BCUT2D eigenvalue weighted by atomic mass is 16.5. The number of hydrogen-bond acceptors (Lipinski definition) is 6. The fourth-order valence-corrected chi connectivity index (χ4v) is 6.50. The number of fused-ring (bicyclic) bond motifs is 2. The molecule has 5 rings (SSSR count). The lowest BCUT2D eigenvalue weighted by Gasteiger charge is -2.60. The second kappa shape index (κ2) is 5.35. The molecule has 4 aliphatic rings. The molecule has 6 heteroatoms. The number of carbonyl (C=O) groups excluding carboxylic acids is 2. The molecule has 2 aliphatic heterocycles. The van der Waals surface area contributed by atoms with Crippen LogP contribution >= 0.6 is 0 Å². The molecule has 0 aromatic carbocycles. The van der Waals surface area contributed by atoms with Crippen molar-refractivity contribution in [2.45, 2.75) is 51.2 Å². The molecule has 26 heavy (non-hydrogen) atoms. The maximum atomic E-state index is 12.8. The lowest BCUT2D eigenvalue weighted by atomic mass is 9.43. The molecular formula is C20H24O6. The van der Waals surface area contributed by atoms with Gasteiger partial charge < -0.3 is 19.0 Å². The third kappa shape index (κ3) is 2.02. The van der Waals surface area contributed by atoms with Crippen molar-refractivity contribution in [2.75, 3.05) is 6.61 Å². The molecule has 4 fully saturated rings. The van der Waals surface area contributed by atoms with Gasteiger partial charge in [-0.25, -0.2) is 0 Å². The fraction of sp³-hybridized carbons (Fsp3) is 0.700. The van der Waals surface area contributed by atoms with E-state index in [0.717, 1.165) is 12.0 Å². The van der Waals surface area contributed by atoms with Crippen molar-refractivity contribution in [3.8, 4) is 0 Å². The van der Waals surface area contributed by atoms with Crippen molar-refractivity contribution in [2.24, 2.45) is 28.6 Å². The zero-order chi connectivity index (χ0) is 18.1. The molecule has 6 nitrogen and oxygen atoms in total. The molecule has 2 saturated heterocycles. The molecule has 140 valence electrons. The summed E-state index contributed by atoms with van der Waals surface area (Å²) in [5, 5.41) is 10.5. The molecule has 0 bridgehead atoms. The molecule has 3 heterocycles. The molecule has 0 radical (unpaired) electrons. The van der Waals surface area contributed by atoms with Crippen LogP contribution in [0.1, 0.15) is 50.7 Å². The van der Waals surface area contributed by atoms with E-state index in [9.17, 15) is 14.7 Å². The number of ether oxygens (including phenoxy) is 2. The Balaban J connectivity index is 1.56. The van der Waals surface area contributed by atoms with Gasteiger partial charge in [0.2, 0.25) is 0 Å². The number of aliphatic hydroxyl groups excluding tert-OH is 1. The Morgan fingerprint density at radius 2 is 2.04 bits per heavy atom. The standard InChI is InChI=1S/C20H24O6/c1-19-8-15(11-3-5-24-9-11)26-18(23)13(19)2-4-20-10-25-17(22)14(20)6-12(21)7-16(19)20/h3,5,9,12-16,21H,2,4,6-8,10H2,1H3/t12-,13-,14-,15+,16+,19-,20+/m0/s1. The Labute approximate surface area is 151 Å². The van der Waals surface area contributed by atoms with Crippen LogP contribution < -0.4 is 0 Å². The van der Waals surface area contributed by atoms with Crippen LogP contribution in [0.15, 0.2) is 23.0 Å². The average Bonchev–Trinajstić information content (AvgIpc) is 3.23. The second-order valence-corrected chi connectivity index (χ2v) is 8.85. The van der Waals surface area contributed by atoms with E-state index in [-0.39, 0.29) is 46.6 Å². The van der Waals surface area contributed by atoms with Crippen LogP contribution in [0.3, 0.4) is 0 Å². The van der Waals surface area contributed by atoms with Crippen molar-refractivity contribution in [3.63, 3.8) is 0 Å². The first-order valence-corrected chi connectivity index (χ1v) is 9.51. The molecule has 1 aromatic rings. The lowest BCUT2D eigenvalue weighted by Crippen LogP contribution is -2.60. The predicted molar refractivity (Wildman–Crippen MR) is 88.6 cm³/mol. The van der Waals surface area contributed by atoms with Crippen LogP contribution in [0.5, 0.6) is 0 Å². The van der Waals surface area contributed by atoms with Gasteiger partial charge in [-0.3, -0.25) is 9.59 Å². The number of aliphatic hydroxyl groups is 1. The zero-order valence-corrected chi connectivity index (χ0v) is 14.8. The summed E-state index contributed by atoms with van der Waals surface area (Å²) in [5.74, 6) is -0.722. The smallest absolute Gasteiger partial charge is 0.310 e. The first-order chi connectivity index (χ1) is 12.4. The number of carbonyl (C=O) groups is 2. The van der Waals surface area contributed by atoms with E-state index in [2.05, 4.69) is 6.92 Å². The average molecular weight is 360 g/mol. The third-order valence-corrected chi connectivity index (χ3v) is 7.74. The van der Waals surface area contributed by atoms with E-state index in [1.54, 1.807) is 12.5 Å². The third-order valence-electron chi connectivity index (χ3n) is 7.74. The Kier molecular flexibility index (Phi) is 3.36. The summed E-state index contributed by atoms with van der Waals surface area (Å²) < 4.78 is 16.4. The molecule has 0 amide bonds. The van der Waals surface area contributed by atoms with Gasteiger partial charge in [0.05, 0.1) is 37.1 Å². The highest BCUT2D eigenvalue weighted by molar-refractivity contribution is 5.78. The highest BCUT2D eigenvalue weighted by Gasteiger charge is 2.68. The van der Waals surface area contributed by atoms with Crippen LogP contribution in [-0.4, -0.2) is 29.8 Å². The molecule has 1 N–H and O–H groups in total. The van der Waals surface area contributed by atoms with Gasteiger partial charge in [-0.2, -0.15) is 0 Å². The minimum Gasteiger partial charge on any atom is -0.472 e. The van der Waals surface area contributed by atoms with Crippen molar-refractivity contribution in [1.29, 1.82) is 0 Å². The van der Waals surface area contributed by atoms with Gasteiger partial charge in [0.25, 0.3) is 0 Å². The van der Waals surface area contributed by atoms with Crippen molar-refractivity contribution < 1.29 is 28.6 Å². The van der Waals surface area contributed by atoms with Crippen LogP contribution in [0.2, 0.25) is 0 Å². The number of esters is 2. The maximum Gasteiger partial charge on any atom is 0.310 e. The Morgan fingerprint density at radius 1 is 1.19 bits per heavy atom. The van der Waals surface area contributed by atoms with Gasteiger partial charge >= 0.3 is 11.9 Å². The van der Waals surface area contributed by atoms with Gasteiger partial charge in [0.1, 0.15) is 6.10 Å². The summed E-state index contributed by atoms with van der Waals surface area (Å²) in [6, 6.07) is 1.83. The minimum atomic E-state index is -0.523. The van der Waals surface area contributed by atoms with Crippen LogP contribution in [-0.2, 0) is 19.1 Å². The number of furan rings is 1. The SMILES string of the molecule is C[C@]12C[C@H](c3ccoc3)OC(=O)[C@@H]1CC[C@@]13COC(=O)[C@@H]1C[C@H](O)C[C@H]23. The lowest BCUT2D eigenvalue weighted by molar-refractivity contribution is -0.205. The summed E-state index contributed by atoms with van der Waals surface area (Å²) in [4.78, 5) is 25.2. The van der Waals surface area contributed by atoms with E-state index in [1.165, 1.54) is 0 Å². The van der Waals surface area contributed by atoms with E-state index in [4.69, 9.17) is 13.9 Å². The van der Waals surface area contributed by atoms with E-state index < -0.39 is 6.10 Å². The second-order valence-electron chi connectivity index (χ2n) is 8.85. The monoisotopic (exact) mass is 360 g/mol. The van der Waals surface area contributed by atoms with Crippen LogP contribution in [0.4, 0.5) is 0 Å². The molecule has 1 aromatic heterocycles. The Morgan fingerprint density at radius 3 is 2.81 bits per heavy atom. The topological polar surface area (TPSA) is 86.0 Å². The highest BCUT2D eigenvalue weighted by Crippen LogP contribution is 2.67. The van der Waals surface area contributed by atoms with Crippen LogP contribution in [0.25, 0.3) is 0 Å². The van der Waals surface area contributed by atoms with Crippen LogP contribution in [0, 0.1) is 28.6 Å². The number of cyclic esters (lactones) is 2. The largest absolute Gasteiger partial charge is 0.472 e. The Hall–Kier alpha value is -1.82. The van der Waals surface area contributed by atoms with Gasteiger partial charge in [-0.1, -0.05) is 6.92 Å². The van der Waals surface area contributed by atoms with Crippen molar-refractivity contribution in [3.05, 3.63) is 24.2 Å². The van der Waals surface area contributed by atoms with Crippen molar-refractivity contribution in [1.82, 2.24) is 0 Å². The molecule has 2 aliphatic carbocycles. The van der Waals surface area contributed by atoms with Gasteiger partial charge in [0.15, 0.2) is 0 Å². The molecular weight excluding hydrogens is 336 g/mol.